The molecular weight excluding hydrogens is 318 g/mol. The Morgan fingerprint density at radius 3 is 2.45 bits per heavy atom. The molecule has 124 valence electrons. The van der Waals surface area contributed by atoms with Gasteiger partial charge in [-0.15, -0.1) is 0 Å². The van der Waals surface area contributed by atoms with Crippen molar-refractivity contribution in [3.8, 4) is 0 Å². The van der Waals surface area contributed by atoms with Gasteiger partial charge in [-0.1, -0.05) is 0 Å². The van der Waals surface area contributed by atoms with Crippen LogP contribution in [0.25, 0.3) is 0 Å². The Kier molecular flexibility index (Phi) is 5.20. The molecule has 1 aromatic carbocycles. The average Bonchev–Trinajstić information content (AvgIpc) is 2.45. The fourth-order valence-corrected chi connectivity index (χ4v) is 4.45. The molecule has 1 heterocycles. The second kappa shape index (κ2) is 6.60. The Morgan fingerprint density at radius 1 is 1.27 bits per heavy atom. The van der Waals surface area contributed by atoms with Crippen LogP contribution in [0, 0.1) is 0 Å². The first-order chi connectivity index (χ1) is 10.3. The first-order valence-electron chi connectivity index (χ1n) is 7.13. The summed E-state index contributed by atoms with van der Waals surface area (Å²) < 4.78 is 61.8. The van der Waals surface area contributed by atoms with Crippen LogP contribution in [0.1, 0.15) is 25.0 Å². The predicted octanol–water partition coefficient (Wildman–Crippen LogP) is 4.31. The normalized spacial score (nSPS) is 18.7. The lowest BCUT2D eigenvalue weighted by molar-refractivity contribution is -0.137. The summed E-state index contributed by atoms with van der Waals surface area (Å²) in [5.41, 5.74) is -0.103. The van der Waals surface area contributed by atoms with Gasteiger partial charge in [-0.3, -0.25) is 4.57 Å². The average molecular weight is 337 g/mol. The molecule has 1 atom stereocenters. The van der Waals surface area contributed by atoms with Gasteiger partial charge in [0.15, 0.2) is 0 Å². The van der Waals surface area contributed by atoms with Crippen LogP contribution in [0.2, 0.25) is 0 Å². The van der Waals surface area contributed by atoms with E-state index in [1.165, 1.54) is 6.07 Å². The quantitative estimate of drug-likeness (QED) is 0.814. The fraction of sp³-hybridized carbons (Fsp3) is 0.571. The van der Waals surface area contributed by atoms with E-state index in [1.807, 2.05) is 0 Å². The summed E-state index contributed by atoms with van der Waals surface area (Å²) in [4.78, 5) is 0. The van der Waals surface area contributed by atoms with Crippen molar-refractivity contribution in [3.63, 3.8) is 0 Å². The number of halogens is 3. The molecule has 0 aromatic heterocycles. The van der Waals surface area contributed by atoms with E-state index in [4.69, 9.17) is 9.05 Å². The Balaban J connectivity index is 2.27. The van der Waals surface area contributed by atoms with Crippen LogP contribution in [0.4, 0.5) is 18.9 Å². The van der Waals surface area contributed by atoms with Gasteiger partial charge in [-0.05, 0) is 44.0 Å². The van der Waals surface area contributed by atoms with Crippen LogP contribution >= 0.6 is 7.60 Å². The van der Waals surface area contributed by atoms with E-state index in [0.717, 1.165) is 12.1 Å². The SMILES string of the molecule is CCOP(=O)(OCC)C1CNc2ccc(C(F)(F)F)cc2C1. The maximum Gasteiger partial charge on any atom is 0.416 e. The molecule has 0 aliphatic carbocycles. The molecule has 1 aliphatic rings. The third kappa shape index (κ3) is 3.65. The summed E-state index contributed by atoms with van der Waals surface area (Å²) in [5, 5.41) is 3.01. The van der Waals surface area contributed by atoms with Crippen LogP contribution in [0.15, 0.2) is 18.2 Å². The first-order valence-corrected chi connectivity index (χ1v) is 8.74. The van der Waals surface area contributed by atoms with Crippen molar-refractivity contribution in [2.75, 3.05) is 25.1 Å². The lowest BCUT2D eigenvalue weighted by Gasteiger charge is -2.31. The highest BCUT2D eigenvalue weighted by atomic mass is 31.2. The zero-order valence-electron chi connectivity index (χ0n) is 12.4. The van der Waals surface area contributed by atoms with Gasteiger partial charge in [-0.25, -0.2) is 0 Å². The van der Waals surface area contributed by atoms with E-state index in [9.17, 15) is 17.7 Å². The Morgan fingerprint density at radius 2 is 1.91 bits per heavy atom. The maximum atomic E-state index is 12.8. The van der Waals surface area contributed by atoms with E-state index in [2.05, 4.69) is 5.32 Å². The van der Waals surface area contributed by atoms with Crippen LogP contribution in [0.5, 0.6) is 0 Å². The van der Waals surface area contributed by atoms with Crippen LogP contribution in [-0.4, -0.2) is 25.4 Å². The lowest BCUT2D eigenvalue weighted by atomic mass is 10.0. The molecule has 0 amide bonds. The van der Waals surface area contributed by atoms with E-state index in [-0.39, 0.29) is 19.6 Å². The Labute approximate surface area is 127 Å². The van der Waals surface area contributed by atoms with Crippen molar-refractivity contribution in [2.24, 2.45) is 0 Å². The van der Waals surface area contributed by atoms with Gasteiger partial charge < -0.3 is 14.4 Å². The highest BCUT2D eigenvalue weighted by Gasteiger charge is 2.39. The summed E-state index contributed by atoms with van der Waals surface area (Å²) in [7, 11) is -3.35. The Hall–Kier alpha value is -1.04. The van der Waals surface area contributed by atoms with Crippen molar-refractivity contribution in [1.29, 1.82) is 0 Å². The molecule has 1 aliphatic heterocycles. The molecule has 0 radical (unpaired) electrons. The summed E-state index contributed by atoms with van der Waals surface area (Å²) in [6.45, 7) is 4.21. The van der Waals surface area contributed by atoms with Crippen molar-refractivity contribution in [3.05, 3.63) is 29.3 Å². The molecule has 0 saturated carbocycles. The molecule has 1 unspecified atom stereocenters. The van der Waals surface area contributed by atoms with Gasteiger partial charge in [0.2, 0.25) is 0 Å². The molecule has 1 aromatic rings. The van der Waals surface area contributed by atoms with Crippen LogP contribution in [0.3, 0.4) is 0 Å². The molecule has 22 heavy (non-hydrogen) atoms. The van der Waals surface area contributed by atoms with Crippen LogP contribution in [-0.2, 0) is 26.2 Å². The second-order valence-corrected chi connectivity index (χ2v) is 7.31. The molecule has 0 fully saturated rings. The van der Waals surface area contributed by atoms with Gasteiger partial charge in [0.1, 0.15) is 0 Å². The summed E-state index contributed by atoms with van der Waals surface area (Å²) in [6.07, 6.45) is -4.17. The van der Waals surface area contributed by atoms with Gasteiger partial charge in [-0.2, -0.15) is 13.2 Å². The summed E-state index contributed by atoms with van der Waals surface area (Å²) >= 11 is 0. The van der Waals surface area contributed by atoms with Gasteiger partial charge in [0.25, 0.3) is 0 Å². The zero-order valence-corrected chi connectivity index (χ0v) is 13.3. The standard InChI is InChI=1S/C14H19F3NO3P/c1-3-20-22(19,21-4-2)12-8-10-7-11(14(15,16)17)5-6-13(10)18-9-12/h5-7,12,18H,3-4,8-9H2,1-2H3. The van der Waals surface area contributed by atoms with E-state index >= 15 is 0 Å². The number of fused-ring (bicyclic) bond motifs is 1. The number of hydrogen-bond donors (Lipinski definition) is 1. The minimum Gasteiger partial charge on any atom is -0.384 e. The number of alkyl halides is 3. The smallest absolute Gasteiger partial charge is 0.384 e. The van der Waals surface area contributed by atoms with Crippen molar-refractivity contribution >= 4 is 13.3 Å². The minimum absolute atomic E-state index is 0.225. The monoisotopic (exact) mass is 337 g/mol. The fourth-order valence-electron chi connectivity index (χ4n) is 2.50. The third-order valence-electron chi connectivity index (χ3n) is 3.48. The number of anilines is 1. The minimum atomic E-state index is -4.40. The van der Waals surface area contributed by atoms with E-state index in [1.54, 1.807) is 13.8 Å². The van der Waals surface area contributed by atoms with Gasteiger partial charge >= 0.3 is 13.8 Å². The summed E-state index contributed by atoms with van der Waals surface area (Å²) in [5.74, 6) is 0. The molecule has 4 nitrogen and oxygen atoms in total. The first kappa shape index (κ1) is 17.3. The van der Waals surface area contributed by atoms with Crippen LogP contribution < -0.4 is 5.32 Å². The highest BCUT2D eigenvalue weighted by molar-refractivity contribution is 7.54. The number of rotatable bonds is 5. The molecule has 8 heteroatoms. The molecule has 2 rings (SSSR count). The van der Waals surface area contributed by atoms with Crippen molar-refractivity contribution in [1.82, 2.24) is 0 Å². The number of hydrogen-bond acceptors (Lipinski definition) is 4. The van der Waals surface area contributed by atoms with Gasteiger partial charge in [0, 0.05) is 12.2 Å². The van der Waals surface area contributed by atoms with E-state index in [0.29, 0.717) is 17.8 Å². The Bertz CT molecular complexity index is 567. The van der Waals surface area contributed by atoms with E-state index < -0.39 is 25.0 Å². The molecular formula is C14H19F3NO3P. The van der Waals surface area contributed by atoms with Gasteiger partial charge in [0.05, 0.1) is 24.4 Å². The summed E-state index contributed by atoms with van der Waals surface area (Å²) in [6, 6.07) is 3.54. The lowest BCUT2D eigenvalue weighted by Crippen LogP contribution is -2.30. The van der Waals surface area contributed by atoms with Crippen molar-refractivity contribution < 1.29 is 26.8 Å². The molecule has 0 spiro atoms. The number of nitrogens with one attached hydrogen (secondary N) is 1. The zero-order chi connectivity index (χ0) is 16.4. The second-order valence-electron chi connectivity index (χ2n) is 4.98. The molecule has 0 saturated heterocycles. The van der Waals surface area contributed by atoms with Crippen molar-refractivity contribution in [2.45, 2.75) is 32.1 Å². The molecule has 0 bridgehead atoms. The maximum absolute atomic E-state index is 12.8. The third-order valence-corrected chi connectivity index (χ3v) is 5.98. The molecule has 1 N–H and O–H groups in total. The topological polar surface area (TPSA) is 47.6 Å². The predicted molar refractivity (Wildman–Crippen MR) is 78.3 cm³/mol. The highest BCUT2D eigenvalue weighted by Crippen LogP contribution is 2.55. The largest absolute Gasteiger partial charge is 0.416 e. The number of benzene rings is 1.